The van der Waals surface area contributed by atoms with Crippen molar-refractivity contribution in [2.75, 3.05) is 0 Å². The summed E-state index contributed by atoms with van der Waals surface area (Å²) in [5.41, 5.74) is 0. The van der Waals surface area contributed by atoms with E-state index in [4.69, 9.17) is 5.26 Å². The molecule has 0 aromatic heterocycles. The maximum absolute atomic E-state index is 13.4. The Balaban J connectivity index is 2.37. The zero-order valence-electron chi connectivity index (χ0n) is 9.53. The van der Waals surface area contributed by atoms with Crippen LogP contribution in [0.2, 0.25) is 0 Å². The lowest BCUT2D eigenvalue weighted by Gasteiger charge is -2.12. The number of hydrogen-bond acceptors (Lipinski definition) is 3. The van der Waals surface area contributed by atoms with Crippen molar-refractivity contribution in [3.63, 3.8) is 0 Å². The number of benzene rings is 1. The predicted octanol–water partition coefficient (Wildman–Crippen LogP) is 1.68. The summed E-state index contributed by atoms with van der Waals surface area (Å²) in [4.78, 5) is -1.27. The molecule has 1 aliphatic carbocycles. The van der Waals surface area contributed by atoms with Gasteiger partial charge in [0.2, 0.25) is 10.0 Å². The first kappa shape index (κ1) is 13.8. The Bertz CT molecular complexity index is 627. The molecule has 1 aromatic rings. The van der Waals surface area contributed by atoms with Gasteiger partial charge in [0.15, 0.2) is 4.90 Å². The van der Waals surface area contributed by atoms with E-state index in [1.54, 1.807) is 6.07 Å². The van der Waals surface area contributed by atoms with E-state index in [1.807, 2.05) is 4.72 Å². The zero-order chi connectivity index (χ0) is 14.2. The van der Waals surface area contributed by atoms with Crippen LogP contribution < -0.4 is 4.72 Å². The van der Waals surface area contributed by atoms with Crippen molar-refractivity contribution in [2.24, 2.45) is 5.92 Å². The molecule has 0 bridgehead atoms. The minimum Gasteiger partial charge on any atom is -0.207 e. The van der Waals surface area contributed by atoms with E-state index in [0.717, 1.165) is 0 Å². The van der Waals surface area contributed by atoms with Crippen LogP contribution >= 0.6 is 0 Å². The molecule has 0 saturated heterocycles. The fraction of sp³-hybridized carbons (Fsp3) is 0.364. The number of nitriles is 1. The maximum atomic E-state index is 13.4. The largest absolute Gasteiger partial charge is 0.247 e. The van der Waals surface area contributed by atoms with Gasteiger partial charge in [-0.1, -0.05) is 0 Å². The molecular formula is C11H9F3N2O2S. The van der Waals surface area contributed by atoms with Gasteiger partial charge in [-0.15, -0.1) is 0 Å². The van der Waals surface area contributed by atoms with Gasteiger partial charge in [0.25, 0.3) is 0 Å². The molecule has 1 aromatic carbocycles. The smallest absolute Gasteiger partial charge is 0.207 e. The van der Waals surface area contributed by atoms with Gasteiger partial charge in [0, 0.05) is 12.1 Å². The third kappa shape index (κ3) is 2.88. The van der Waals surface area contributed by atoms with Gasteiger partial charge >= 0.3 is 0 Å². The van der Waals surface area contributed by atoms with Crippen molar-refractivity contribution in [2.45, 2.75) is 23.8 Å². The summed E-state index contributed by atoms with van der Waals surface area (Å²) in [5, 5.41) is 8.80. The number of rotatable bonds is 4. The molecule has 0 aliphatic heterocycles. The van der Waals surface area contributed by atoms with Crippen LogP contribution in [0.15, 0.2) is 17.0 Å². The number of hydrogen-bond donors (Lipinski definition) is 1. The summed E-state index contributed by atoms with van der Waals surface area (Å²) in [5.74, 6) is -4.42. The monoisotopic (exact) mass is 290 g/mol. The lowest BCUT2D eigenvalue weighted by molar-refractivity contribution is 0.490. The first-order valence-corrected chi connectivity index (χ1v) is 6.90. The Morgan fingerprint density at radius 3 is 2.21 bits per heavy atom. The van der Waals surface area contributed by atoms with Gasteiger partial charge in [-0.3, -0.25) is 0 Å². The van der Waals surface area contributed by atoms with Crippen LogP contribution in [0.3, 0.4) is 0 Å². The summed E-state index contributed by atoms with van der Waals surface area (Å²) in [6.45, 7) is 0. The molecule has 4 nitrogen and oxygen atoms in total. The minimum atomic E-state index is -4.54. The normalized spacial score (nSPS) is 16.9. The molecule has 0 spiro atoms. The third-order valence-electron chi connectivity index (χ3n) is 2.75. The van der Waals surface area contributed by atoms with Gasteiger partial charge in [0.05, 0.1) is 6.07 Å². The van der Waals surface area contributed by atoms with Crippen molar-refractivity contribution >= 4 is 10.0 Å². The molecule has 102 valence electrons. The minimum absolute atomic E-state index is 0.147. The van der Waals surface area contributed by atoms with Crippen LogP contribution in [0.25, 0.3) is 0 Å². The van der Waals surface area contributed by atoms with Crippen molar-refractivity contribution in [1.29, 1.82) is 5.26 Å². The molecule has 1 unspecified atom stereocenters. The molecule has 0 heterocycles. The second kappa shape index (κ2) is 4.83. The van der Waals surface area contributed by atoms with Crippen molar-refractivity contribution in [1.82, 2.24) is 4.72 Å². The van der Waals surface area contributed by atoms with Gasteiger partial charge in [-0.05, 0) is 18.8 Å². The van der Waals surface area contributed by atoms with E-state index in [1.165, 1.54) is 0 Å². The fourth-order valence-electron chi connectivity index (χ4n) is 1.67. The number of nitrogens with zero attached hydrogens (tertiary/aromatic N) is 1. The van der Waals surface area contributed by atoms with E-state index in [2.05, 4.69) is 0 Å². The Morgan fingerprint density at radius 1 is 1.26 bits per heavy atom. The fourth-order valence-corrected chi connectivity index (χ4v) is 3.00. The topological polar surface area (TPSA) is 70.0 Å². The highest BCUT2D eigenvalue weighted by molar-refractivity contribution is 7.89. The van der Waals surface area contributed by atoms with Crippen molar-refractivity contribution in [3.8, 4) is 6.07 Å². The molecular weight excluding hydrogens is 281 g/mol. The lowest BCUT2D eigenvalue weighted by atomic mass is 10.2. The van der Waals surface area contributed by atoms with Crippen molar-refractivity contribution < 1.29 is 21.6 Å². The SMILES string of the molecule is N#CC(NS(=O)(=O)c1c(F)cc(F)cc1F)C1CC1. The molecule has 0 radical (unpaired) electrons. The first-order chi connectivity index (χ1) is 8.85. The van der Waals surface area contributed by atoms with Crippen LogP contribution in [-0.4, -0.2) is 14.5 Å². The Labute approximate surface area is 107 Å². The summed E-state index contributed by atoms with van der Waals surface area (Å²) >= 11 is 0. The van der Waals surface area contributed by atoms with Crippen LogP contribution in [0.4, 0.5) is 13.2 Å². The Morgan fingerprint density at radius 2 is 1.79 bits per heavy atom. The predicted molar refractivity (Wildman–Crippen MR) is 58.8 cm³/mol. The van der Waals surface area contributed by atoms with Gasteiger partial charge < -0.3 is 0 Å². The Kier molecular flexibility index (Phi) is 3.52. The molecule has 1 saturated carbocycles. The van der Waals surface area contributed by atoms with E-state index in [0.29, 0.717) is 12.8 Å². The maximum Gasteiger partial charge on any atom is 0.247 e. The van der Waals surface area contributed by atoms with Gasteiger partial charge in [-0.2, -0.15) is 9.98 Å². The lowest BCUT2D eigenvalue weighted by Crippen LogP contribution is -2.36. The quantitative estimate of drug-likeness (QED) is 0.917. The van der Waals surface area contributed by atoms with Crippen molar-refractivity contribution in [3.05, 3.63) is 29.6 Å². The van der Waals surface area contributed by atoms with Crippen LogP contribution in [-0.2, 0) is 10.0 Å². The van der Waals surface area contributed by atoms with Crippen LogP contribution in [0, 0.1) is 34.7 Å². The van der Waals surface area contributed by atoms with Crippen LogP contribution in [0.5, 0.6) is 0 Å². The molecule has 19 heavy (non-hydrogen) atoms. The second-order valence-corrected chi connectivity index (χ2v) is 5.91. The molecule has 1 aliphatic rings. The third-order valence-corrected chi connectivity index (χ3v) is 4.24. The first-order valence-electron chi connectivity index (χ1n) is 5.41. The highest BCUT2D eigenvalue weighted by Gasteiger charge is 2.36. The highest BCUT2D eigenvalue weighted by atomic mass is 32.2. The molecule has 0 amide bonds. The average Bonchev–Trinajstić information content (AvgIpc) is 3.07. The highest BCUT2D eigenvalue weighted by Crippen LogP contribution is 2.33. The number of sulfonamides is 1. The molecule has 1 atom stereocenters. The average molecular weight is 290 g/mol. The van der Waals surface area contributed by atoms with E-state index in [-0.39, 0.29) is 18.1 Å². The standard InChI is InChI=1S/C11H9F3N2O2S/c12-7-3-8(13)11(9(14)4-7)19(17,18)16-10(5-15)6-1-2-6/h3-4,6,10,16H,1-2H2. The van der Waals surface area contributed by atoms with Gasteiger partial charge in [0.1, 0.15) is 23.5 Å². The van der Waals surface area contributed by atoms with E-state index in [9.17, 15) is 21.6 Å². The van der Waals surface area contributed by atoms with E-state index < -0.39 is 38.4 Å². The van der Waals surface area contributed by atoms with E-state index >= 15 is 0 Å². The van der Waals surface area contributed by atoms with Crippen LogP contribution in [0.1, 0.15) is 12.8 Å². The number of nitrogens with one attached hydrogen (secondary N) is 1. The molecule has 1 fully saturated rings. The van der Waals surface area contributed by atoms with Gasteiger partial charge in [-0.25, -0.2) is 21.6 Å². The summed E-state index contributed by atoms with van der Waals surface area (Å²) < 4.78 is 65.1. The molecule has 8 heteroatoms. The zero-order valence-corrected chi connectivity index (χ0v) is 10.3. The molecule has 2 rings (SSSR count). The summed E-state index contributed by atoms with van der Waals surface area (Å²) in [6.07, 6.45) is 1.35. The number of halogens is 3. The summed E-state index contributed by atoms with van der Waals surface area (Å²) in [7, 11) is -4.54. The Hall–Kier alpha value is -1.59. The molecule has 1 N–H and O–H groups in total. The second-order valence-electron chi connectivity index (χ2n) is 4.26. The summed E-state index contributed by atoms with van der Waals surface area (Å²) in [6, 6.07) is 1.25.